The number of halogens is 6. The molecule has 1 aromatic heterocycles. The minimum Gasteiger partial charge on any atom is -0.406 e. The van der Waals surface area contributed by atoms with Crippen molar-refractivity contribution in [3.8, 4) is 22.8 Å². The average Bonchev–Trinajstić information content (AvgIpc) is 2.73. The first-order valence-electron chi connectivity index (χ1n) is 10.1. The van der Waals surface area contributed by atoms with Gasteiger partial charge in [-0.15, -0.1) is 26.3 Å². The van der Waals surface area contributed by atoms with Gasteiger partial charge in [-0.25, -0.2) is 4.98 Å². The van der Waals surface area contributed by atoms with Gasteiger partial charge in [0, 0.05) is 23.4 Å². The van der Waals surface area contributed by atoms with Gasteiger partial charge < -0.3 is 25.2 Å². The summed E-state index contributed by atoms with van der Waals surface area (Å²) in [6.07, 6.45) is -9.71. The van der Waals surface area contributed by atoms with Gasteiger partial charge >= 0.3 is 12.7 Å². The molecule has 0 aliphatic heterocycles. The van der Waals surface area contributed by atoms with E-state index in [1.807, 2.05) is 0 Å². The number of aliphatic hydroxyl groups is 1. The van der Waals surface area contributed by atoms with Crippen molar-refractivity contribution >= 4 is 17.5 Å². The molecule has 13 heteroatoms. The third-order valence-electron chi connectivity index (χ3n) is 4.43. The van der Waals surface area contributed by atoms with Gasteiger partial charge in [0.2, 0.25) is 5.95 Å². The molecule has 0 unspecified atom stereocenters. The summed E-state index contributed by atoms with van der Waals surface area (Å²) < 4.78 is 83.2. The van der Waals surface area contributed by atoms with Gasteiger partial charge in [-0.1, -0.05) is 12.1 Å². The lowest BCUT2D eigenvalue weighted by Crippen LogP contribution is -2.21. The number of hydrogen-bond acceptors (Lipinski definition) is 7. The van der Waals surface area contributed by atoms with Gasteiger partial charge in [0.1, 0.15) is 17.3 Å². The Hall–Kier alpha value is -3.74. The normalized spacial score (nSPS) is 12.7. The number of nitrogens with zero attached hydrogens (tertiary/aromatic N) is 2. The van der Waals surface area contributed by atoms with E-state index in [1.165, 1.54) is 30.3 Å². The van der Waals surface area contributed by atoms with Gasteiger partial charge in [-0.2, -0.15) is 4.98 Å². The molecule has 7 nitrogen and oxygen atoms in total. The molecule has 0 aliphatic carbocycles. The van der Waals surface area contributed by atoms with E-state index in [9.17, 15) is 31.4 Å². The molecule has 3 aromatic rings. The van der Waals surface area contributed by atoms with Gasteiger partial charge in [0.05, 0.1) is 12.3 Å². The second kappa shape index (κ2) is 10.3. The highest BCUT2D eigenvalue weighted by atomic mass is 19.4. The number of anilines is 3. The first-order valence-corrected chi connectivity index (χ1v) is 10.1. The lowest BCUT2D eigenvalue weighted by molar-refractivity contribution is -0.275. The number of nitrogens with one attached hydrogen (secondary N) is 2. The Morgan fingerprint density at radius 2 is 1.57 bits per heavy atom. The molecule has 0 saturated heterocycles. The van der Waals surface area contributed by atoms with Crippen LogP contribution < -0.4 is 20.1 Å². The number of benzene rings is 2. The third-order valence-corrected chi connectivity index (χ3v) is 4.43. The highest BCUT2D eigenvalue weighted by Gasteiger charge is 2.32. The fraction of sp³-hybridized carbons (Fsp3) is 0.273. The van der Waals surface area contributed by atoms with Crippen LogP contribution in [-0.2, 0) is 0 Å². The molecule has 1 atom stereocenters. The Kier molecular flexibility index (Phi) is 7.58. The van der Waals surface area contributed by atoms with Crippen molar-refractivity contribution in [2.75, 3.05) is 17.2 Å². The van der Waals surface area contributed by atoms with E-state index in [1.54, 1.807) is 13.8 Å². The second-order valence-electron chi connectivity index (χ2n) is 7.42. The molecule has 188 valence electrons. The molecule has 0 fully saturated rings. The van der Waals surface area contributed by atoms with Crippen molar-refractivity contribution in [2.45, 2.75) is 32.6 Å². The van der Waals surface area contributed by atoms with Crippen LogP contribution in [-0.4, -0.2) is 40.4 Å². The Morgan fingerprint density at radius 1 is 0.914 bits per heavy atom. The summed E-state index contributed by atoms with van der Waals surface area (Å²) in [5, 5.41) is 15.1. The summed E-state index contributed by atoms with van der Waals surface area (Å²) in [5.41, 5.74) is 1.31. The zero-order chi connectivity index (χ0) is 25.8. The molecule has 0 spiro atoms. The Bertz CT molecular complexity index is 1170. The molecule has 0 radical (unpaired) electrons. The van der Waals surface area contributed by atoms with E-state index in [0.717, 1.165) is 18.2 Å². The standard InChI is InChI=1S/C22H20F6N4O3/c1-12-8-16(35-22(26,27)28)6-7-17(12)30-19-10-18(31-20(32-19)29-13(2)11-33)14-4-3-5-15(9-14)34-21(23,24)25/h3-10,13,33H,11H2,1-2H3,(H2,29,30,31,32)/t13-/m0/s1. The first-order chi connectivity index (χ1) is 16.3. The number of alkyl halides is 6. The van der Waals surface area contributed by atoms with Gasteiger partial charge in [0.25, 0.3) is 0 Å². The molecule has 3 rings (SSSR count). The zero-order valence-corrected chi connectivity index (χ0v) is 18.3. The second-order valence-corrected chi connectivity index (χ2v) is 7.42. The number of aliphatic hydroxyl groups excluding tert-OH is 1. The maximum absolute atomic E-state index is 12.6. The third kappa shape index (κ3) is 7.91. The van der Waals surface area contributed by atoms with Crippen LogP contribution >= 0.6 is 0 Å². The largest absolute Gasteiger partial charge is 0.573 e. The predicted octanol–water partition coefficient (Wildman–Crippen LogP) is 5.79. The fourth-order valence-electron chi connectivity index (χ4n) is 2.95. The van der Waals surface area contributed by atoms with Crippen LogP contribution in [0.25, 0.3) is 11.3 Å². The molecule has 0 aliphatic rings. The van der Waals surface area contributed by atoms with E-state index in [0.29, 0.717) is 11.3 Å². The maximum Gasteiger partial charge on any atom is 0.573 e. The summed E-state index contributed by atoms with van der Waals surface area (Å²) >= 11 is 0. The lowest BCUT2D eigenvalue weighted by Gasteiger charge is -2.16. The Labute approximate surface area is 195 Å². The molecule has 0 saturated carbocycles. The molecule has 1 heterocycles. The number of hydrogen-bond donors (Lipinski definition) is 3. The molecular weight excluding hydrogens is 482 g/mol. The van der Waals surface area contributed by atoms with Crippen molar-refractivity contribution in [3.05, 3.63) is 54.1 Å². The van der Waals surface area contributed by atoms with Crippen LogP contribution in [0, 0.1) is 6.92 Å². The highest BCUT2D eigenvalue weighted by Crippen LogP contribution is 2.31. The number of ether oxygens (including phenoxy) is 2. The summed E-state index contributed by atoms with van der Waals surface area (Å²) in [6.45, 7) is 2.97. The SMILES string of the molecule is Cc1cc(OC(F)(F)F)ccc1Nc1cc(-c2cccc(OC(F)(F)F)c2)nc(N[C@@H](C)CO)n1. The Balaban J connectivity index is 1.96. The smallest absolute Gasteiger partial charge is 0.406 e. The van der Waals surface area contributed by atoms with Crippen LogP contribution in [0.5, 0.6) is 11.5 Å². The zero-order valence-electron chi connectivity index (χ0n) is 18.3. The molecule has 0 amide bonds. The minimum absolute atomic E-state index is 0.0587. The summed E-state index contributed by atoms with van der Waals surface area (Å²) in [7, 11) is 0. The van der Waals surface area contributed by atoms with Crippen LogP contribution in [0.15, 0.2) is 48.5 Å². The number of aryl methyl sites for hydroxylation is 1. The fourth-order valence-corrected chi connectivity index (χ4v) is 2.95. The average molecular weight is 502 g/mol. The quantitative estimate of drug-likeness (QED) is 0.336. The van der Waals surface area contributed by atoms with Crippen LogP contribution in [0.2, 0.25) is 0 Å². The summed E-state index contributed by atoms with van der Waals surface area (Å²) in [5.74, 6) is -0.595. The topological polar surface area (TPSA) is 88.5 Å². The van der Waals surface area contributed by atoms with E-state index < -0.39 is 30.3 Å². The van der Waals surface area contributed by atoms with Gasteiger partial charge in [-0.3, -0.25) is 0 Å². The van der Waals surface area contributed by atoms with Gasteiger partial charge in [0.15, 0.2) is 0 Å². The van der Waals surface area contributed by atoms with E-state index >= 15 is 0 Å². The summed E-state index contributed by atoms with van der Waals surface area (Å²) in [4.78, 5) is 8.57. The minimum atomic E-state index is -4.88. The molecule has 35 heavy (non-hydrogen) atoms. The van der Waals surface area contributed by atoms with E-state index in [2.05, 4.69) is 30.1 Å². The van der Waals surface area contributed by atoms with Crippen molar-refractivity contribution in [1.82, 2.24) is 9.97 Å². The molecule has 2 aromatic carbocycles. The van der Waals surface area contributed by atoms with Crippen LogP contribution in [0.1, 0.15) is 12.5 Å². The van der Waals surface area contributed by atoms with Crippen molar-refractivity contribution in [3.63, 3.8) is 0 Å². The molecule has 3 N–H and O–H groups in total. The van der Waals surface area contributed by atoms with Crippen molar-refractivity contribution in [2.24, 2.45) is 0 Å². The highest BCUT2D eigenvalue weighted by molar-refractivity contribution is 5.69. The first kappa shape index (κ1) is 25.9. The van der Waals surface area contributed by atoms with E-state index in [-0.39, 0.29) is 29.6 Å². The van der Waals surface area contributed by atoms with Crippen molar-refractivity contribution in [1.29, 1.82) is 0 Å². The Morgan fingerprint density at radius 3 is 2.17 bits per heavy atom. The molecule has 0 bridgehead atoms. The van der Waals surface area contributed by atoms with Gasteiger partial charge in [-0.05, 0) is 49.7 Å². The number of aromatic nitrogens is 2. The van der Waals surface area contributed by atoms with Crippen molar-refractivity contribution < 1.29 is 40.9 Å². The lowest BCUT2D eigenvalue weighted by atomic mass is 10.1. The number of rotatable bonds is 8. The van der Waals surface area contributed by atoms with Crippen LogP contribution in [0.4, 0.5) is 43.8 Å². The monoisotopic (exact) mass is 502 g/mol. The molecular formula is C22H20F6N4O3. The van der Waals surface area contributed by atoms with E-state index in [4.69, 9.17) is 0 Å². The maximum atomic E-state index is 12.6. The predicted molar refractivity (Wildman–Crippen MR) is 115 cm³/mol. The summed E-state index contributed by atoms with van der Waals surface area (Å²) in [6, 6.07) is 9.82. The van der Waals surface area contributed by atoms with Crippen LogP contribution in [0.3, 0.4) is 0 Å².